The summed E-state index contributed by atoms with van der Waals surface area (Å²) in [6, 6.07) is 10.7. The largest absolute Gasteiger partial charge is 0.263 e. The molecule has 2 nitrogen and oxygen atoms in total. The maximum absolute atomic E-state index is 14.4. The summed E-state index contributed by atoms with van der Waals surface area (Å²) in [6.07, 6.45) is 2.25. The predicted octanol–water partition coefficient (Wildman–Crippen LogP) is 5.17. The third kappa shape index (κ3) is 4.15. The quantitative estimate of drug-likeness (QED) is 0.468. The number of hydrogen-bond donors (Lipinski definition) is 0. The smallest absolute Gasteiger partial charge is 0.129 e. The first-order valence-electron chi connectivity index (χ1n) is 8.22. The molecule has 5 heteroatoms. The second kappa shape index (κ2) is 6.81. The van der Waals surface area contributed by atoms with E-state index in [1.807, 2.05) is 30.5 Å². The van der Waals surface area contributed by atoms with E-state index in [9.17, 15) is 8.78 Å². The SMILES string of the molecule is C[Si](C)(C)C#CCC(c1cc(F)ccc1F)n1cc2ccccc2n1. The standard InChI is InChI=1S/C20H20F2N2Si/c1-25(2,3)12-6-9-20(17-13-16(21)10-11-18(17)22)24-14-15-7-4-5-8-19(15)23-24/h4-5,7-8,10-11,13-14,20H,9H2,1-3H3. The van der Waals surface area contributed by atoms with Crippen molar-refractivity contribution in [2.24, 2.45) is 0 Å². The minimum absolute atomic E-state index is 0.276. The van der Waals surface area contributed by atoms with Crippen molar-refractivity contribution in [3.8, 4) is 11.5 Å². The topological polar surface area (TPSA) is 17.8 Å². The molecule has 1 unspecified atom stereocenters. The summed E-state index contributed by atoms with van der Waals surface area (Å²) in [6.45, 7) is 6.46. The van der Waals surface area contributed by atoms with Gasteiger partial charge in [-0.25, -0.2) is 8.78 Å². The van der Waals surface area contributed by atoms with Crippen LogP contribution in [0.25, 0.3) is 10.9 Å². The molecule has 0 fully saturated rings. The second-order valence-corrected chi connectivity index (χ2v) is 11.9. The Bertz CT molecular complexity index is 928. The Morgan fingerprint density at radius 1 is 1.12 bits per heavy atom. The fourth-order valence-corrected chi connectivity index (χ4v) is 3.30. The van der Waals surface area contributed by atoms with Crippen molar-refractivity contribution in [2.75, 3.05) is 0 Å². The van der Waals surface area contributed by atoms with E-state index in [2.05, 4.69) is 36.2 Å². The Labute approximate surface area is 147 Å². The number of nitrogens with zero attached hydrogens (tertiary/aromatic N) is 2. The average molecular weight is 354 g/mol. The van der Waals surface area contributed by atoms with Crippen LogP contribution in [-0.4, -0.2) is 17.9 Å². The molecule has 0 aliphatic rings. The van der Waals surface area contributed by atoms with Crippen LogP contribution in [0.4, 0.5) is 8.78 Å². The fourth-order valence-electron chi connectivity index (χ4n) is 2.67. The summed E-state index contributed by atoms with van der Waals surface area (Å²) in [5.41, 5.74) is 4.39. The number of fused-ring (bicyclic) bond motifs is 1. The molecule has 1 heterocycles. The zero-order chi connectivity index (χ0) is 18.0. The van der Waals surface area contributed by atoms with Crippen molar-refractivity contribution in [1.29, 1.82) is 0 Å². The molecular formula is C20H20F2N2Si. The van der Waals surface area contributed by atoms with Crippen molar-refractivity contribution in [2.45, 2.75) is 32.1 Å². The number of halogens is 2. The second-order valence-electron chi connectivity index (χ2n) is 7.11. The predicted molar refractivity (Wildman–Crippen MR) is 100.0 cm³/mol. The minimum Gasteiger partial charge on any atom is -0.263 e. The number of aromatic nitrogens is 2. The molecule has 0 saturated heterocycles. The molecule has 0 aliphatic heterocycles. The monoisotopic (exact) mass is 354 g/mol. The Hall–Kier alpha value is -2.45. The highest BCUT2D eigenvalue weighted by atomic mass is 28.3. The molecule has 128 valence electrons. The van der Waals surface area contributed by atoms with Gasteiger partial charge in [0.15, 0.2) is 0 Å². The summed E-state index contributed by atoms with van der Waals surface area (Å²) >= 11 is 0. The molecule has 0 bridgehead atoms. The van der Waals surface area contributed by atoms with E-state index in [-0.39, 0.29) is 5.56 Å². The summed E-state index contributed by atoms with van der Waals surface area (Å²) in [5.74, 6) is 2.27. The third-order valence-corrected chi connectivity index (χ3v) is 4.75. The van der Waals surface area contributed by atoms with Gasteiger partial charge in [-0.05, 0) is 24.3 Å². The molecule has 0 radical (unpaired) electrons. The lowest BCUT2D eigenvalue weighted by Gasteiger charge is -2.17. The Morgan fingerprint density at radius 2 is 1.88 bits per heavy atom. The molecule has 0 saturated carbocycles. The van der Waals surface area contributed by atoms with Crippen LogP contribution >= 0.6 is 0 Å². The van der Waals surface area contributed by atoms with Crippen molar-refractivity contribution < 1.29 is 8.78 Å². The summed E-state index contributed by atoms with van der Waals surface area (Å²) < 4.78 is 29.8. The van der Waals surface area contributed by atoms with Crippen molar-refractivity contribution in [3.63, 3.8) is 0 Å². The molecule has 1 aromatic heterocycles. The van der Waals surface area contributed by atoms with E-state index in [1.165, 1.54) is 6.07 Å². The minimum atomic E-state index is -1.54. The lowest BCUT2D eigenvalue weighted by Crippen LogP contribution is -2.17. The van der Waals surface area contributed by atoms with Gasteiger partial charge in [0.25, 0.3) is 0 Å². The van der Waals surface area contributed by atoms with Gasteiger partial charge in [-0.2, -0.15) is 5.10 Å². The first-order valence-corrected chi connectivity index (χ1v) is 11.7. The maximum atomic E-state index is 14.4. The number of rotatable bonds is 3. The van der Waals surface area contributed by atoms with Crippen molar-refractivity contribution in [3.05, 3.63) is 65.9 Å². The highest BCUT2D eigenvalue weighted by molar-refractivity contribution is 6.83. The lowest BCUT2D eigenvalue weighted by atomic mass is 10.0. The van der Waals surface area contributed by atoms with E-state index >= 15 is 0 Å². The summed E-state index contributed by atoms with van der Waals surface area (Å²) in [4.78, 5) is 0. The van der Waals surface area contributed by atoms with Crippen LogP contribution in [0, 0.1) is 23.1 Å². The van der Waals surface area contributed by atoms with Gasteiger partial charge in [-0.3, -0.25) is 4.68 Å². The average Bonchev–Trinajstić information content (AvgIpc) is 2.97. The molecular weight excluding hydrogens is 334 g/mol. The third-order valence-electron chi connectivity index (χ3n) is 3.83. The Morgan fingerprint density at radius 3 is 2.60 bits per heavy atom. The van der Waals surface area contributed by atoms with E-state index in [0.717, 1.165) is 23.0 Å². The normalized spacial score (nSPS) is 12.7. The number of hydrogen-bond acceptors (Lipinski definition) is 1. The van der Waals surface area contributed by atoms with Gasteiger partial charge in [0.05, 0.1) is 11.6 Å². The van der Waals surface area contributed by atoms with Crippen LogP contribution in [0.15, 0.2) is 48.7 Å². The van der Waals surface area contributed by atoms with Gasteiger partial charge in [0.1, 0.15) is 19.7 Å². The molecule has 0 amide bonds. The molecule has 0 spiro atoms. The zero-order valence-electron chi connectivity index (χ0n) is 14.6. The number of benzene rings is 2. The van der Waals surface area contributed by atoms with Crippen LogP contribution in [0.5, 0.6) is 0 Å². The molecule has 2 aromatic carbocycles. The van der Waals surface area contributed by atoms with Gasteiger partial charge in [0.2, 0.25) is 0 Å². The molecule has 3 rings (SSSR count). The first kappa shape index (κ1) is 17.4. The Balaban J connectivity index is 2.07. The van der Waals surface area contributed by atoms with Crippen LogP contribution in [0.3, 0.4) is 0 Å². The van der Waals surface area contributed by atoms with Gasteiger partial charge >= 0.3 is 0 Å². The van der Waals surface area contributed by atoms with Crippen molar-refractivity contribution >= 4 is 19.0 Å². The van der Waals surface area contributed by atoms with E-state index < -0.39 is 25.8 Å². The first-order chi connectivity index (χ1) is 11.8. The molecule has 25 heavy (non-hydrogen) atoms. The van der Waals surface area contributed by atoms with Crippen LogP contribution in [0.1, 0.15) is 18.0 Å². The maximum Gasteiger partial charge on any atom is 0.129 e. The van der Waals surface area contributed by atoms with Crippen LogP contribution in [-0.2, 0) is 0 Å². The summed E-state index contributed by atoms with van der Waals surface area (Å²) in [5, 5.41) is 5.51. The fraction of sp³-hybridized carbons (Fsp3) is 0.250. The lowest BCUT2D eigenvalue weighted by molar-refractivity contribution is 0.495. The Kier molecular flexibility index (Phi) is 4.73. The van der Waals surface area contributed by atoms with Crippen LogP contribution in [0.2, 0.25) is 19.6 Å². The molecule has 0 N–H and O–H groups in total. The van der Waals surface area contributed by atoms with Gasteiger partial charge < -0.3 is 0 Å². The molecule has 0 aliphatic carbocycles. The zero-order valence-corrected chi connectivity index (χ0v) is 15.6. The van der Waals surface area contributed by atoms with Crippen molar-refractivity contribution in [1.82, 2.24) is 9.78 Å². The highest BCUT2D eigenvalue weighted by Crippen LogP contribution is 2.26. The van der Waals surface area contributed by atoms with Gasteiger partial charge in [0, 0.05) is 23.6 Å². The highest BCUT2D eigenvalue weighted by Gasteiger charge is 2.20. The molecule has 1 atom stereocenters. The van der Waals surface area contributed by atoms with Gasteiger partial charge in [-0.1, -0.05) is 37.8 Å². The van der Waals surface area contributed by atoms with E-state index in [1.54, 1.807) is 4.68 Å². The van der Waals surface area contributed by atoms with E-state index in [4.69, 9.17) is 0 Å². The summed E-state index contributed by atoms with van der Waals surface area (Å²) in [7, 11) is -1.54. The van der Waals surface area contributed by atoms with Crippen LogP contribution < -0.4 is 0 Å². The van der Waals surface area contributed by atoms with Gasteiger partial charge in [-0.15, -0.1) is 11.5 Å². The van der Waals surface area contributed by atoms with E-state index in [0.29, 0.717) is 6.42 Å². The molecule has 3 aromatic rings.